The van der Waals surface area contributed by atoms with Crippen molar-refractivity contribution in [3.05, 3.63) is 65.7 Å². The number of hydrogen-bond donors (Lipinski definition) is 3. The molecule has 3 rings (SSSR count). The summed E-state index contributed by atoms with van der Waals surface area (Å²) in [5.74, 6) is -2.44. The van der Waals surface area contributed by atoms with Gasteiger partial charge in [-0.05, 0) is 68.1 Å². The molecule has 6 nitrogen and oxygen atoms in total. The first-order valence-electron chi connectivity index (χ1n) is 10.1. The summed E-state index contributed by atoms with van der Waals surface area (Å²) in [6.07, 6.45) is 4.43. The first-order valence-corrected chi connectivity index (χ1v) is 11.1. The van der Waals surface area contributed by atoms with Crippen LogP contribution in [0.25, 0.3) is 0 Å². The average Bonchev–Trinajstić information content (AvgIpc) is 2.75. The number of aliphatic carboxylic acids is 1. The Labute approximate surface area is 186 Å². The van der Waals surface area contributed by atoms with Crippen LogP contribution in [0.4, 0.5) is 11.4 Å². The molecule has 0 bridgehead atoms. The van der Waals surface area contributed by atoms with E-state index in [1.54, 1.807) is 18.2 Å². The fourth-order valence-electron chi connectivity index (χ4n) is 3.44. The van der Waals surface area contributed by atoms with Crippen LogP contribution in [0.15, 0.2) is 59.5 Å². The molecule has 0 aromatic heterocycles. The van der Waals surface area contributed by atoms with E-state index >= 15 is 0 Å². The molecule has 0 fully saturated rings. The number of hydrogen-bond acceptors (Lipinski definition) is 4. The van der Waals surface area contributed by atoms with Gasteiger partial charge in [0.05, 0.1) is 17.6 Å². The standard InChI is InChI=1S/C24H26N2O4S/c1-15-10-11-18(12-16(15)2)25-22(27)14-31-19-7-5-6-17(13-19)26-23(28)20-8-3-4-9-21(20)24(29)30/h3-7,10-13,20-21H,8-9,14H2,1-2H3,(H,25,27)(H,26,28)(H,29,30). The zero-order chi connectivity index (χ0) is 22.4. The Balaban J connectivity index is 1.56. The Morgan fingerprint density at radius 3 is 2.35 bits per heavy atom. The van der Waals surface area contributed by atoms with Crippen molar-refractivity contribution in [1.82, 2.24) is 0 Å². The predicted molar refractivity (Wildman–Crippen MR) is 123 cm³/mol. The molecule has 0 radical (unpaired) electrons. The van der Waals surface area contributed by atoms with Gasteiger partial charge in [-0.2, -0.15) is 0 Å². The lowest BCUT2D eigenvalue weighted by Gasteiger charge is -2.24. The highest BCUT2D eigenvalue weighted by Crippen LogP contribution is 2.28. The Morgan fingerprint density at radius 2 is 1.65 bits per heavy atom. The number of aryl methyl sites for hydroxylation is 2. The molecule has 1 aliphatic carbocycles. The van der Waals surface area contributed by atoms with E-state index in [-0.39, 0.29) is 17.6 Å². The van der Waals surface area contributed by atoms with E-state index in [2.05, 4.69) is 10.6 Å². The largest absolute Gasteiger partial charge is 0.481 e. The molecule has 2 unspecified atom stereocenters. The monoisotopic (exact) mass is 438 g/mol. The fourth-order valence-corrected chi connectivity index (χ4v) is 4.20. The van der Waals surface area contributed by atoms with Gasteiger partial charge >= 0.3 is 5.97 Å². The SMILES string of the molecule is Cc1ccc(NC(=O)CSc2cccc(NC(=O)C3CC=CCC3C(=O)O)c2)cc1C. The molecule has 0 saturated heterocycles. The van der Waals surface area contributed by atoms with Crippen LogP contribution in [-0.2, 0) is 14.4 Å². The van der Waals surface area contributed by atoms with Gasteiger partial charge < -0.3 is 15.7 Å². The summed E-state index contributed by atoms with van der Waals surface area (Å²) in [6.45, 7) is 4.02. The number of rotatable bonds is 7. The second-order valence-corrected chi connectivity index (χ2v) is 8.70. The quantitative estimate of drug-likeness (QED) is 0.432. The van der Waals surface area contributed by atoms with Gasteiger partial charge in [0, 0.05) is 16.3 Å². The molecule has 2 atom stereocenters. The van der Waals surface area contributed by atoms with Crippen molar-refractivity contribution >= 4 is 40.9 Å². The van der Waals surface area contributed by atoms with Crippen LogP contribution in [0.5, 0.6) is 0 Å². The van der Waals surface area contributed by atoms with Crippen molar-refractivity contribution < 1.29 is 19.5 Å². The summed E-state index contributed by atoms with van der Waals surface area (Å²) < 4.78 is 0. The molecule has 31 heavy (non-hydrogen) atoms. The number of benzene rings is 2. The number of allylic oxidation sites excluding steroid dienone is 2. The maximum atomic E-state index is 12.6. The number of nitrogens with one attached hydrogen (secondary N) is 2. The van der Waals surface area contributed by atoms with Gasteiger partial charge in [-0.3, -0.25) is 14.4 Å². The minimum absolute atomic E-state index is 0.110. The van der Waals surface area contributed by atoms with Crippen LogP contribution >= 0.6 is 11.8 Å². The third-order valence-electron chi connectivity index (χ3n) is 5.35. The van der Waals surface area contributed by atoms with E-state index in [1.807, 2.05) is 50.3 Å². The van der Waals surface area contributed by atoms with E-state index in [4.69, 9.17) is 0 Å². The van der Waals surface area contributed by atoms with Gasteiger partial charge in [0.2, 0.25) is 11.8 Å². The second kappa shape index (κ2) is 10.3. The van der Waals surface area contributed by atoms with Crippen LogP contribution in [0.3, 0.4) is 0 Å². The molecule has 2 amide bonds. The van der Waals surface area contributed by atoms with Crippen molar-refractivity contribution in [2.24, 2.45) is 11.8 Å². The Kier molecular flexibility index (Phi) is 7.52. The smallest absolute Gasteiger partial charge is 0.307 e. The summed E-state index contributed by atoms with van der Waals surface area (Å²) in [7, 11) is 0. The van der Waals surface area contributed by atoms with Gasteiger partial charge in [0.1, 0.15) is 0 Å². The summed E-state index contributed by atoms with van der Waals surface area (Å²) >= 11 is 1.37. The van der Waals surface area contributed by atoms with Crippen molar-refractivity contribution in [1.29, 1.82) is 0 Å². The van der Waals surface area contributed by atoms with Crippen LogP contribution in [0.1, 0.15) is 24.0 Å². The number of carboxylic acids is 1. The molecule has 0 heterocycles. The zero-order valence-electron chi connectivity index (χ0n) is 17.6. The maximum absolute atomic E-state index is 12.6. The molecule has 0 saturated carbocycles. The minimum atomic E-state index is -0.955. The number of amides is 2. The maximum Gasteiger partial charge on any atom is 0.307 e. The van der Waals surface area contributed by atoms with Crippen LogP contribution in [0.2, 0.25) is 0 Å². The minimum Gasteiger partial charge on any atom is -0.481 e. The molecule has 162 valence electrons. The Morgan fingerprint density at radius 1 is 0.935 bits per heavy atom. The summed E-state index contributed by atoms with van der Waals surface area (Å²) in [5, 5.41) is 15.1. The third kappa shape index (κ3) is 6.21. The molecule has 2 aromatic rings. The Hall–Kier alpha value is -3.06. The molecular formula is C24H26N2O4S. The molecular weight excluding hydrogens is 412 g/mol. The first-order chi connectivity index (χ1) is 14.8. The van der Waals surface area contributed by atoms with E-state index in [0.29, 0.717) is 18.5 Å². The number of carboxylic acid groups (broad SMARTS) is 1. The van der Waals surface area contributed by atoms with Gasteiger partial charge in [-0.1, -0.05) is 24.3 Å². The van der Waals surface area contributed by atoms with Gasteiger partial charge in [0.15, 0.2) is 0 Å². The molecule has 3 N–H and O–H groups in total. The topological polar surface area (TPSA) is 95.5 Å². The van der Waals surface area contributed by atoms with E-state index in [9.17, 15) is 19.5 Å². The van der Waals surface area contributed by atoms with Crippen molar-refractivity contribution in [2.75, 3.05) is 16.4 Å². The van der Waals surface area contributed by atoms with Gasteiger partial charge in [-0.25, -0.2) is 0 Å². The highest BCUT2D eigenvalue weighted by molar-refractivity contribution is 8.00. The van der Waals surface area contributed by atoms with Crippen LogP contribution in [-0.4, -0.2) is 28.6 Å². The highest BCUT2D eigenvalue weighted by Gasteiger charge is 2.33. The van der Waals surface area contributed by atoms with Crippen LogP contribution < -0.4 is 10.6 Å². The van der Waals surface area contributed by atoms with Gasteiger partial charge in [-0.15, -0.1) is 11.8 Å². The average molecular weight is 439 g/mol. The van der Waals surface area contributed by atoms with E-state index in [0.717, 1.165) is 16.1 Å². The molecule has 7 heteroatoms. The van der Waals surface area contributed by atoms with Gasteiger partial charge in [0.25, 0.3) is 0 Å². The van der Waals surface area contributed by atoms with Crippen molar-refractivity contribution in [3.63, 3.8) is 0 Å². The van der Waals surface area contributed by atoms with E-state index in [1.165, 1.54) is 17.3 Å². The number of anilines is 2. The second-order valence-electron chi connectivity index (χ2n) is 7.65. The Bertz CT molecular complexity index is 1020. The summed E-state index contributed by atoms with van der Waals surface area (Å²) in [5.41, 5.74) is 3.64. The van der Waals surface area contributed by atoms with E-state index < -0.39 is 17.8 Å². The lowest BCUT2D eigenvalue weighted by atomic mass is 9.82. The summed E-state index contributed by atoms with van der Waals surface area (Å²) in [4.78, 5) is 37.2. The van der Waals surface area contributed by atoms with Crippen molar-refractivity contribution in [3.8, 4) is 0 Å². The number of thioether (sulfide) groups is 1. The van der Waals surface area contributed by atoms with Crippen LogP contribution in [0, 0.1) is 25.7 Å². The third-order valence-corrected chi connectivity index (χ3v) is 6.34. The normalized spacial score (nSPS) is 17.7. The van der Waals surface area contributed by atoms with Crippen molar-refractivity contribution in [2.45, 2.75) is 31.6 Å². The first kappa shape index (κ1) is 22.6. The molecule has 0 spiro atoms. The molecule has 2 aromatic carbocycles. The lowest BCUT2D eigenvalue weighted by molar-refractivity contribution is -0.146. The predicted octanol–water partition coefficient (Wildman–Crippen LogP) is 4.64. The fraction of sp³-hybridized carbons (Fsp3) is 0.292. The lowest BCUT2D eigenvalue weighted by Crippen LogP contribution is -2.34. The zero-order valence-corrected chi connectivity index (χ0v) is 18.4. The molecule has 1 aliphatic rings. The highest BCUT2D eigenvalue weighted by atomic mass is 32.2. The summed E-state index contributed by atoms with van der Waals surface area (Å²) in [6, 6.07) is 13.0. The number of carbonyl (C=O) groups excluding carboxylic acids is 2. The number of carbonyl (C=O) groups is 3. The molecule has 0 aliphatic heterocycles.